The van der Waals surface area contributed by atoms with Crippen molar-refractivity contribution >= 4 is 11.6 Å². The Morgan fingerprint density at radius 1 is 1.07 bits per heavy atom. The van der Waals surface area contributed by atoms with Crippen LogP contribution in [0.5, 0.6) is 0 Å². The highest BCUT2D eigenvalue weighted by molar-refractivity contribution is 5.58. The number of fused-ring (bicyclic) bond motifs is 1. The predicted molar refractivity (Wildman–Crippen MR) is 119 cm³/mol. The first-order valence-electron chi connectivity index (χ1n) is 10.9. The van der Waals surface area contributed by atoms with Crippen LogP contribution in [0.2, 0.25) is 0 Å². The number of anilines is 2. The van der Waals surface area contributed by atoms with Crippen molar-refractivity contribution in [2.24, 2.45) is 5.92 Å². The minimum Gasteiger partial charge on any atom is -0.444 e. The van der Waals surface area contributed by atoms with Crippen molar-refractivity contribution in [1.29, 1.82) is 0 Å². The third-order valence-electron chi connectivity index (χ3n) is 6.30. The third-order valence-corrected chi connectivity index (χ3v) is 6.30. The van der Waals surface area contributed by atoms with E-state index in [1.54, 1.807) is 0 Å². The standard InChI is InChI=1S/C24H29N5O/c1-17-8-12-29(13-9-17)23-7-6-21(30-23)16-28-11-10-22-19(15-28)14-26-24(27-22)18-2-4-20(25)5-3-18/h2-7,14,17H,8-13,15-16,25H2,1H3. The van der Waals surface area contributed by atoms with E-state index >= 15 is 0 Å². The van der Waals surface area contributed by atoms with Crippen LogP contribution in [-0.4, -0.2) is 34.5 Å². The summed E-state index contributed by atoms with van der Waals surface area (Å²) < 4.78 is 6.18. The molecule has 1 aromatic carbocycles. The van der Waals surface area contributed by atoms with Gasteiger partial charge < -0.3 is 15.1 Å². The van der Waals surface area contributed by atoms with Crippen molar-refractivity contribution in [3.8, 4) is 11.4 Å². The molecule has 2 aromatic heterocycles. The van der Waals surface area contributed by atoms with Crippen LogP contribution >= 0.6 is 0 Å². The lowest BCUT2D eigenvalue weighted by Gasteiger charge is -2.30. The number of hydrogen-bond acceptors (Lipinski definition) is 6. The van der Waals surface area contributed by atoms with E-state index in [4.69, 9.17) is 15.1 Å². The van der Waals surface area contributed by atoms with Crippen LogP contribution in [-0.2, 0) is 19.5 Å². The average Bonchev–Trinajstić information content (AvgIpc) is 3.23. The molecule has 3 aromatic rings. The number of piperidine rings is 1. The van der Waals surface area contributed by atoms with Crippen molar-refractivity contribution in [3.63, 3.8) is 0 Å². The topological polar surface area (TPSA) is 71.4 Å². The summed E-state index contributed by atoms with van der Waals surface area (Å²) in [7, 11) is 0. The monoisotopic (exact) mass is 403 g/mol. The van der Waals surface area contributed by atoms with E-state index in [0.717, 1.165) is 79.5 Å². The van der Waals surface area contributed by atoms with Gasteiger partial charge in [0.1, 0.15) is 5.76 Å². The van der Waals surface area contributed by atoms with Gasteiger partial charge in [0.25, 0.3) is 0 Å². The number of nitrogens with two attached hydrogens (primary N) is 1. The maximum Gasteiger partial charge on any atom is 0.195 e. The van der Waals surface area contributed by atoms with E-state index in [2.05, 4.69) is 33.8 Å². The van der Waals surface area contributed by atoms with E-state index < -0.39 is 0 Å². The van der Waals surface area contributed by atoms with E-state index in [0.29, 0.717) is 0 Å². The van der Waals surface area contributed by atoms with Gasteiger partial charge in [0.15, 0.2) is 11.7 Å². The molecule has 0 aliphatic carbocycles. The molecule has 30 heavy (non-hydrogen) atoms. The molecule has 4 heterocycles. The molecule has 6 nitrogen and oxygen atoms in total. The number of hydrogen-bond donors (Lipinski definition) is 1. The molecule has 2 aliphatic rings. The maximum atomic E-state index is 6.18. The zero-order valence-corrected chi connectivity index (χ0v) is 17.6. The van der Waals surface area contributed by atoms with Gasteiger partial charge in [-0.25, -0.2) is 9.97 Å². The summed E-state index contributed by atoms with van der Waals surface area (Å²) in [5, 5.41) is 0. The van der Waals surface area contributed by atoms with Crippen molar-refractivity contribution in [2.45, 2.75) is 39.3 Å². The second-order valence-corrected chi connectivity index (χ2v) is 8.66. The quantitative estimate of drug-likeness (QED) is 0.661. The molecule has 6 heteroatoms. The van der Waals surface area contributed by atoms with Crippen LogP contribution in [0.3, 0.4) is 0 Å². The number of benzene rings is 1. The maximum absolute atomic E-state index is 6.18. The third kappa shape index (κ3) is 4.05. The Morgan fingerprint density at radius 2 is 1.87 bits per heavy atom. The Balaban J connectivity index is 1.24. The van der Waals surface area contributed by atoms with E-state index in [9.17, 15) is 0 Å². The molecule has 0 unspecified atom stereocenters. The summed E-state index contributed by atoms with van der Waals surface area (Å²) in [6.07, 6.45) is 5.40. The number of nitrogen functional groups attached to an aromatic ring is 1. The Labute approximate surface area is 177 Å². The molecule has 2 aliphatic heterocycles. The van der Waals surface area contributed by atoms with E-state index in [1.807, 2.05) is 30.5 Å². The lowest BCUT2D eigenvalue weighted by molar-refractivity contribution is 0.223. The smallest absolute Gasteiger partial charge is 0.195 e. The number of furan rings is 1. The molecule has 0 saturated carbocycles. The summed E-state index contributed by atoms with van der Waals surface area (Å²) in [6.45, 7) is 7.18. The zero-order valence-electron chi connectivity index (χ0n) is 17.6. The van der Waals surface area contributed by atoms with Crippen LogP contribution in [0.15, 0.2) is 47.0 Å². The van der Waals surface area contributed by atoms with Crippen LogP contribution in [0.25, 0.3) is 11.4 Å². The first-order chi connectivity index (χ1) is 14.6. The van der Waals surface area contributed by atoms with Crippen molar-refractivity contribution in [2.75, 3.05) is 30.3 Å². The van der Waals surface area contributed by atoms with Gasteiger partial charge in [-0.2, -0.15) is 0 Å². The Morgan fingerprint density at radius 3 is 2.67 bits per heavy atom. The minimum atomic E-state index is 0.753. The number of aromatic nitrogens is 2. The second kappa shape index (κ2) is 8.11. The molecule has 0 amide bonds. The van der Waals surface area contributed by atoms with Gasteiger partial charge in [0.2, 0.25) is 0 Å². The van der Waals surface area contributed by atoms with Gasteiger partial charge in [-0.05, 0) is 49.1 Å². The average molecular weight is 404 g/mol. The van der Waals surface area contributed by atoms with Crippen LogP contribution < -0.4 is 10.6 Å². The summed E-state index contributed by atoms with van der Waals surface area (Å²) in [6, 6.07) is 12.0. The van der Waals surface area contributed by atoms with Crippen molar-refractivity contribution < 1.29 is 4.42 Å². The van der Waals surface area contributed by atoms with Crippen LogP contribution in [0, 0.1) is 5.92 Å². The molecular weight excluding hydrogens is 374 g/mol. The summed E-state index contributed by atoms with van der Waals surface area (Å²) >= 11 is 0. The van der Waals surface area contributed by atoms with E-state index in [1.165, 1.54) is 18.4 Å². The van der Waals surface area contributed by atoms with Gasteiger partial charge in [-0.1, -0.05) is 6.92 Å². The fraction of sp³-hybridized carbons (Fsp3) is 0.417. The Kier molecular flexibility index (Phi) is 5.17. The summed E-state index contributed by atoms with van der Waals surface area (Å²) in [5.41, 5.74) is 9.90. The number of nitrogens with zero attached hydrogens (tertiary/aromatic N) is 4. The predicted octanol–water partition coefficient (Wildman–Crippen LogP) is 4.11. The van der Waals surface area contributed by atoms with Crippen molar-refractivity contribution in [3.05, 3.63) is 59.6 Å². The first-order valence-corrected chi connectivity index (χ1v) is 10.9. The van der Waals surface area contributed by atoms with Gasteiger partial charge in [-0.3, -0.25) is 4.90 Å². The molecular formula is C24H29N5O. The normalized spacial score (nSPS) is 17.8. The molecule has 1 fully saturated rings. The molecule has 1 saturated heterocycles. The molecule has 2 N–H and O–H groups in total. The van der Waals surface area contributed by atoms with Gasteiger partial charge >= 0.3 is 0 Å². The molecule has 5 rings (SSSR count). The summed E-state index contributed by atoms with van der Waals surface area (Å²) in [5.74, 6) is 3.65. The highest BCUT2D eigenvalue weighted by Crippen LogP contribution is 2.27. The molecule has 0 bridgehead atoms. The highest BCUT2D eigenvalue weighted by Gasteiger charge is 2.22. The molecule has 0 radical (unpaired) electrons. The molecule has 0 spiro atoms. The number of rotatable bonds is 4. The molecule has 0 atom stereocenters. The fourth-order valence-corrected chi connectivity index (χ4v) is 4.35. The van der Waals surface area contributed by atoms with Crippen LogP contribution in [0.1, 0.15) is 36.8 Å². The Hall–Kier alpha value is -2.86. The Bertz CT molecular complexity index is 1000. The van der Waals surface area contributed by atoms with E-state index in [-0.39, 0.29) is 0 Å². The van der Waals surface area contributed by atoms with Gasteiger partial charge in [0.05, 0.1) is 12.2 Å². The highest BCUT2D eigenvalue weighted by atomic mass is 16.4. The van der Waals surface area contributed by atoms with Gasteiger partial charge in [0, 0.05) is 61.7 Å². The summed E-state index contributed by atoms with van der Waals surface area (Å²) in [4.78, 5) is 14.2. The second-order valence-electron chi connectivity index (χ2n) is 8.66. The zero-order chi connectivity index (χ0) is 20.5. The molecule has 156 valence electrons. The lowest BCUT2D eigenvalue weighted by atomic mass is 9.99. The first kappa shape index (κ1) is 19.1. The lowest BCUT2D eigenvalue weighted by Crippen LogP contribution is -2.32. The van der Waals surface area contributed by atoms with Gasteiger partial charge in [-0.15, -0.1) is 0 Å². The van der Waals surface area contributed by atoms with Crippen molar-refractivity contribution in [1.82, 2.24) is 14.9 Å². The van der Waals surface area contributed by atoms with Crippen LogP contribution in [0.4, 0.5) is 11.6 Å². The largest absolute Gasteiger partial charge is 0.444 e. The SMILES string of the molecule is CC1CCN(c2ccc(CN3CCc4nc(-c5ccc(N)cc5)ncc4C3)o2)CC1. The minimum absolute atomic E-state index is 0.753. The fourth-order valence-electron chi connectivity index (χ4n) is 4.35.